The number of amides is 1. The average molecular weight is 248 g/mol. The monoisotopic (exact) mass is 248 g/mol. The van der Waals surface area contributed by atoms with E-state index in [4.69, 9.17) is 4.74 Å². The first-order valence-electron chi connectivity index (χ1n) is 6.07. The molecule has 0 spiro atoms. The van der Waals surface area contributed by atoms with Gasteiger partial charge in [0.1, 0.15) is 6.61 Å². The molecular formula is C13H16N2O3. The van der Waals surface area contributed by atoms with Crippen LogP contribution in [-0.2, 0) is 11.3 Å². The summed E-state index contributed by atoms with van der Waals surface area (Å²) >= 11 is 0. The average Bonchev–Trinajstić information content (AvgIpc) is 2.46. The van der Waals surface area contributed by atoms with Gasteiger partial charge in [-0.25, -0.2) is 4.79 Å². The van der Waals surface area contributed by atoms with Crippen molar-refractivity contribution in [3.8, 4) is 0 Å². The van der Waals surface area contributed by atoms with Crippen molar-refractivity contribution in [3.63, 3.8) is 0 Å². The largest absolute Gasteiger partial charge is 0.445 e. The van der Waals surface area contributed by atoms with Crippen molar-refractivity contribution in [1.82, 2.24) is 4.90 Å². The molecule has 0 aromatic heterocycles. The van der Waals surface area contributed by atoms with Gasteiger partial charge in [0.2, 0.25) is 0 Å². The minimum Gasteiger partial charge on any atom is -0.445 e. The van der Waals surface area contributed by atoms with Gasteiger partial charge in [0, 0.05) is 13.1 Å². The Hall–Kier alpha value is -1.91. The first kappa shape index (κ1) is 12.5. The Morgan fingerprint density at radius 2 is 1.94 bits per heavy atom. The van der Waals surface area contributed by atoms with Crippen LogP contribution < -0.4 is 0 Å². The zero-order valence-electron chi connectivity index (χ0n) is 10.1. The number of rotatable bonds is 3. The second kappa shape index (κ2) is 6.14. The van der Waals surface area contributed by atoms with Crippen LogP contribution in [0.4, 0.5) is 4.79 Å². The van der Waals surface area contributed by atoms with Gasteiger partial charge in [-0.05, 0) is 18.4 Å². The van der Waals surface area contributed by atoms with Gasteiger partial charge < -0.3 is 9.64 Å². The topological polar surface area (TPSA) is 59.0 Å². The number of carbonyl (C=O) groups is 1. The normalized spacial score (nSPS) is 16.3. The van der Waals surface area contributed by atoms with Gasteiger partial charge in [-0.2, -0.15) is 4.91 Å². The summed E-state index contributed by atoms with van der Waals surface area (Å²) in [7, 11) is 0. The van der Waals surface area contributed by atoms with Gasteiger partial charge in [0.05, 0.1) is 6.04 Å². The van der Waals surface area contributed by atoms with Crippen molar-refractivity contribution in [2.45, 2.75) is 25.5 Å². The number of piperidine rings is 1. The van der Waals surface area contributed by atoms with E-state index >= 15 is 0 Å². The van der Waals surface area contributed by atoms with Gasteiger partial charge in [0.15, 0.2) is 0 Å². The molecule has 5 nitrogen and oxygen atoms in total. The molecule has 0 N–H and O–H groups in total. The standard InChI is InChI=1S/C13H16N2O3/c16-13(15-8-6-12(14-17)7-9-15)18-10-11-4-2-1-3-5-11/h1-5,12H,6-10H2. The van der Waals surface area contributed by atoms with Crippen LogP contribution in [0.3, 0.4) is 0 Å². The highest BCUT2D eigenvalue weighted by Crippen LogP contribution is 2.14. The summed E-state index contributed by atoms with van der Waals surface area (Å²) in [6.07, 6.45) is 0.941. The van der Waals surface area contributed by atoms with Crippen LogP contribution >= 0.6 is 0 Å². The SMILES string of the molecule is O=NC1CCN(C(=O)OCc2ccccc2)CC1. The maximum atomic E-state index is 11.8. The number of nitroso groups, excluding NO2 is 1. The predicted octanol–water partition coefficient (Wildman–Crippen LogP) is 2.55. The molecule has 0 atom stereocenters. The quantitative estimate of drug-likeness (QED) is 0.772. The van der Waals surface area contributed by atoms with E-state index in [1.807, 2.05) is 30.3 Å². The van der Waals surface area contributed by atoms with E-state index in [0.29, 0.717) is 25.9 Å². The van der Waals surface area contributed by atoms with Crippen LogP contribution in [0.1, 0.15) is 18.4 Å². The number of nitrogens with zero attached hydrogens (tertiary/aromatic N) is 2. The lowest BCUT2D eigenvalue weighted by atomic mass is 10.1. The van der Waals surface area contributed by atoms with E-state index in [-0.39, 0.29) is 18.7 Å². The van der Waals surface area contributed by atoms with E-state index in [0.717, 1.165) is 5.56 Å². The Morgan fingerprint density at radius 3 is 2.56 bits per heavy atom. The van der Waals surface area contributed by atoms with Crippen molar-refractivity contribution < 1.29 is 9.53 Å². The summed E-state index contributed by atoms with van der Waals surface area (Å²) in [5.41, 5.74) is 0.968. The van der Waals surface area contributed by atoms with Crippen LogP contribution in [0.25, 0.3) is 0 Å². The molecule has 18 heavy (non-hydrogen) atoms. The summed E-state index contributed by atoms with van der Waals surface area (Å²) in [5.74, 6) is 0. The van der Waals surface area contributed by atoms with Crippen molar-refractivity contribution in [3.05, 3.63) is 40.8 Å². The minimum atomic E-state index is -0.316. The lowest BCUT2D eigenvalue weighted by molar-refractivity contribution is 0.0874. The molecule has 1 fully saturated rings. The fourth-order valence-electron chi connectivity index (χ4n) is 1.96. The molecule has 1 heterocycles. The van der Waals surface area contributed by atoms with Crippen LogP contribution in [0.2, 0.25) is 0 Å². The number of ether oxygens (including phenoxy) is 1. The molecule has 5 heteroatoms. The highest BCUT2D eigenvalue weighted by molar-refractivity contribution is 5.67. The fourth-order valence-corrected chi connectivity index (χ4v) is 1.96. The molecule has 1 amide bonds. The van der Waals surface area contributed by atoms with Crippen molar-refractivity contribution in [2.24, 2.45) is 5.18 Å². The van der Waals surface area contributed by atoms with Crippen LogP contribution in [0, 0.1) is 4.91 Å². The van der Waals surface area contributed by atoms with Crippen LogP contribution in [0.15, 0.2) is 35.5 Å². The lowest BCUT2D eigenvalue weighted by Crippen LogP contribution is -2.39. The third kappa shape index (κ3) is 3.29. The van der Waals surface area contributed by atoms with E-state index < -0.39 is 0 Å². The molecule has 0 saturated carbocycles. The molecule has 0 aliphatic carbocycles. The summed E-state index contributed by atoms with van der Waals surface area (Å²) in [4.78, 5) is 23.8. The highest BCUT2D eigenvalue weighted by atomic mass is 16.6. The molecule has 0 radical (unpaired) electrons. The molecule has 96 valence electrons. The first-order chi connectivity index (χ1) is 8.79. The Kier molecular flexibility index (Phi) is 4.28. The molecule has 1 aromatic carbocycles. The van der Waals surface area contributed by atoms with Gasteiger partial charge >= 0.3 is 6.09 Å². The molecule has 0 unspecified atom stereocenters. The van der Waals surface area contributed by atoms with E-state index in [1.165, 1.54) is 0 Å². The van der Waals surface area contributed by atoms with E-state index in [2.05, 4.69) is 5.18 Å². The van der Waals surface area contributed by atoms with Crippen LogP contribution in [0.5, 0.6) is 0 Å². The molecule has 0 bridgehead atoms. The summed E-state index contributed by atoms with van der Waals surface area (Å²) < 4.78 is 5.21. The van der Waals surface area contributed by atoms with Crippen LogP contribution in [-0.4, -0.2) is 30.1 Å². The second-order valence-electron chi connectivity index (χ2n) is 4.36. The summed E-state index contributed by atoms with van der Waals surface area (Å²) in [6, 6.07) is 9.41. The predicted molar refractivity (Wildman–Crippen MR) is 67.0 cm³/mol. The van der Waals surface area contributed by atoms with Gasteiger partial charge in [-0.3, -0.25) is 0 Å². The maximum Gasteiger partial charge on any atom is 0.410 e. The minimum absolute atomic E-state index is 0.150. The first-order valence-corrected chi connectivity index (χ1v) is 6.07. The molecule has 1 aliphatic heterocycles. The zero-order chi connectivity index (χ0) is 12.8. The number of carbonyl (C=O) groups excluding carboxylic acids is 1. The van der Waals surface area contributed by atoms with E-state index in [9.17, 15) is 9.70 Å². The van der Waals surface area contributed by atoms with Crippen molar-refractivity contribution >= 4 is 6.09 Å². The number of hydrogen-bond donors (Lipinski definition) is 0. The van der Waals surface area contributed by atoms with Gasteiger partial charge in [-0.15, -0.1) is 0 Å². The molecule has 1 saturated heterocycles. The third-order valence-electron chi connectivity index (χ3n) is 3.08. The molecule has 2 rings (SSSR count). The Balaban J connectivity index is 1.77. The smallest absolute Gasteiger partial charge is 0.410 e. The Bertz CT molecular complexity index is 400. The third-order valence-corrected chi connectivity index (χ3v) is 3.08. The maximum absolute atomic E-state index is 11.8. The Morgan fingerprint density at radius 1 is 1.28 bits per heavy atom. The molecule has 1 aromatic rings. The lowest BCUT2D eigenvalue weighted by Gasteiger charge is -2.28. The highest BCUT2D eigenvalue weighted by Gasteiger charge is 2.23. The van der Waals surface area contributed by atoms with Crippen molar-refractivity contribution in [2.75, 3.05) is 13.1 Å². The summed E-state index contributed by atoms with van der Waals surface area (Å²) in [5, 5.41) is 3.01. The van der Waals surface area contributed by atoms with Gasteiger partial charge in [-0.1, -0.05) is 35.5 Å². The molecule has 1 aliphatic rings. The number of benzene rings is 1. The second-order valence-corrected chi connectivity index (χ2v) is 4.36. The van der Waals surface area contributed by atoms with Gasteiger partial charge in [0.25, 0.3) is 0 Å². The Labute approximate surface area is 106 Å². The summed E-state index contributed by atoms with van der Waals surface area (Å²) in [6.45, 7) is 1.37. The van der Waals surface area contributed by atoms with E-state index in [1.54, 1.807) is 4.90 Å². The van der Waals surface area contributed by atoms with Crippen molar-refractivity contribution in [1.29, 1.82) is 0 Å². The number of likely N-dealkylation sites (tertiary alicyclic amines) is 1. The fraction of sp³-hybridized carbons (Fsp3) is 0.462. The zero-order valence-corrected chi connectivity index (χ0v) is 10.1. The molecular weight excluding hydrogens is 232 g/mol. The number of hydrogen-bond acceptors (Lipinski definition) is 4.